The minimum atomic E-state index is 0.129. The van der Waals surface area contributed by atoms with E-state index in [-0.39, 0.29) is 5.91 Å². The molecule has 0 aromatic heterocycles. The summed E-state index contributed by atoms with van der Waals surface area (Å²) >= 11 is 0. The molecule has 1 aliphatic heterocycles. The van der Waals surface area contributed by atoms with Crippen LogP contribution in [0.3, 0.4) is 0 Å². The van der Waals surface area contributed by atoms with Gasteiger partial charge in [-0.15, -0.1) is 0 Å². The van der Waals surface area contributed by atoms with Crippen LogP contribution in [0.2, 0.25) is 0 Å². The summed E-state index contributed by atoms with van der Waals surface area (Å²) < 4.78 is 5.94. The average molecular weight is 417 g/mol. The Hall–Kier alpha value is -3.34. The van der Waals surface area contributed by atoms with Crippen LogP contribution in [-0.4, -0.2) is 49.9 Å². The fourth-order valence-corrected chi connectivity index (χ4v) is 4.22. The molecule has 31 heavy (non-hydrogen) atoms. The first-order valence-electron chi connectivity index (χ1n) is 10.8. The van der Waals surface area contributed by atoms with Crippen molar-refractivity contribution < 1.29 is 14.3 Å². The van der Waals surface area contributed by atoms with Crippen molar-refractivity contribution in [2.45, 2.75) is 20.3 Å². The molecule has 5 nitrogen and oxygen atoms in total. The fraction of sp³-hybridized carbons (Fsp3) is 0.308. The summed E-state index contributed by atoms with van der Waals surface area (Å²) in [5, 5.41) is 2.20. The predicted molar refractivity (Wildman–Crippen MR) is 124 cm³/mol. The lowest BCUT2D eigenvalue weighted by Gasteiger charge is -2.37. The molecule has 0 atom stereocenters. The quantitative estimate of drug-likeness (QED) is 0.560. The molecule has 0 bridgehead atoms. The van der Waals surface area contributed by atoms with Crippen molar-refractivity contribution in [2.24, 2.45) is 0 Å². The van der Waals surface area contributed by atoms with Gasteiger partial charge in [0, 0.05) is 42.8 Å². The molecule has 0 aliphatic carbocycles. The van der Waals surface area contributed by atoms with Crippen LogP contribution in [0.1, 0.15) is 27.9 Å². The lowest BCUT2D eigenvalue weighted by Crippen LogP contribution is -2.49. The number of anilines is 1. The van der Waals surface area contributed by atoms with Gasteiger partial charge in [-0.2, -0.15) is 0 Å². The number of aryl methyl sites for hydroxylation is 2. The van der Waals surface area contributed by atoms with Crippen LogP contribution >= 0.6 is 0 Å². The number of aldehydes is 1. The van der Waals surface area contributed by atoms with Gasteiger partial charge in [-0.25, -0.2) is 0 Å². The highest BCUT2D eigenvalue weighted by molar-refractivity contribution is 5.88. The zero-order valence-corrected chi connectivity index (χ0v) is 18.1. The summed E-state index contributed by atoms with van der Waals surface area (Å²) in [6, 6.07) is 18.1. The molecular weight excluding hydrogens is 388 g/mol. The molecule has 3 aromatic rings. The molecule has 0 unspecified atom stereocenters. The number of rotatable bonds is 6. The Morgan fingerprint density at radius 3 is 2.48 bits per heavy atom. The average Bonchev–Trinajstić information content (AvgIpc) is 2.80. The van der Waals surface area contributed by atoms with Crippen LogP contribution in [-0.2, 0) is 4.79 Å². The molecule has 0 saturated carbocycles. The van der Waals surface area contributed by atoms with Gasteiger partial charge in [-0.1, -0.05) is 36.4 Å². The van der Waals surface area contributed by atoms with Gasteiger partial charge < -0.3 is 14.5 Å². The van der Waals surface area contributed by atoms with E-state index in [0.717, 1.165) is 58.3 Å². The van der Waals surface area contributed by atoms with E-state index in [1.54, 1.807) is 0 Å². The highest BCUT2D eigenvalue weighted by Gasteiger charge is 2.22. The zero-order valence-electron chi connectivity index (χ0n) is 18.1. The van der Waals surface area contributed by atoms with Gasteiger partial charge in [0.05, 0.1) is 13.0 Å². The van der Waals surface area contributed by atoms with E-state index in [2.05, 4.69) is 23.1 Å². The van der Waals surface area contributed by atoms with Gasteiger partial charge in [0.1, 0.15) is 12.0 Å². The Kier molecular flexibility index (Phi) is 6.21. The molecule has 1 heterocycles. The number of hydrogen-bond donors (Lipinski definition) is 0. The van der Waals surface area contributed by atoms with Crippen molar-refractivity contribution in [3.05, 3.63) is 71.3 Å². The number of amides is 1. The van der Waals surface area contributed by atoms with Crippen LogP contribution in [0.4, 0.5) is 5.69 Å². The summed E-state index contributed by atoms with van der Waals surface area (Å²) in [6.45, 7) is 7.33. The Bertz CT molecular complexity index is 1100. The predicted octanol–water partition coefficient (Wildman–Crippen LogP) is 4.39. The molecule has 1 saturated heterocycles. The highest BCUT2D eigenvalue weighted by atomic mass is 16.5. The third-order valence-corrected chi connectivity index (χ3v) is 6.01. The van der Waals surface area contributed by atoms with Crippen molar-refractivity contribution >= 4 is 28.7 Å². The van der Waals surface area contributed by atoms with Crippen LogP contribution < -0.4 is 9.64 Å². The van der Waals surface area contributed by atoms with Crippen molar-refractivity contribution in [3.8, 4) is 5.75 Å². The number of piperazine rings is 1. The number of ether oxygens (including phenoxy) is 1. The Labute approximate surface area is 183 Å². The molecule has 1 aliphatic rings. The van der Waals surface area contributed by atoms with Crippen LogP contribution in [0.15, 0.2) is 54.6 Å². The van der Waals surface area contributed by atoms with E-state index in [0.29, 0.717) is 26.1 Å². The topological polar surface area (TPSA) is 49.9 Å². The third-order valence-electron chi connectivity index (χ3n) is 6.01. The zero-order chi connectivity index (χ0) is 21.8. The van der Waals surface area contributed by atoms with E-state index in [9.17, 15) is 9.59 Å². The molecule has 5 heteroatoms. The monoisotopic (exact) mass is 416 g/mol. The van der Waals surface area contributed by atoms with Crippen LogP contribution in [0.25, 0.3) is 10.8 Å². The second-order valence-electron chi connectivity index (χ2n) is 8.06. The normalized spacial score (nSPS) is 14.0. The number of hydrogen-bond acceptors (Lipinski definition) is 4. The molecule has 1 amide bonds. The molecule has 0 N–H and O–H groups in total. The standard InChI is InChI=1S/C26H28N2O3/c1-19-17-24(20(2)16-22(19)18-29)27-11-13-28(14-12-27)26(30)10-15-31-25-9-5-7-21-6-3-4-8-23(21)25/h3-9,16-18H,10-15H2,1-2H3. The molecule has 0 radical (unpaired) electrons. The summed E-state index contributed by atoms with van der Waals surface area (Å²) in [4.78, 5) is 28.1. The van der Waals surface area contributed by atoms with Gasteiger partial charge in [-0.3, -0.25) is 9.59 Å². The third kappa shape index (κ3) is 4.55. The summed E-state index contributed by atoms with van der Waals surface area (Å²) in [5.41, 5.74) is 3.96. The minimum Gasteiger partial charge on any atom is -0.492 e. The second kappa shape index (κ2) is 9.21. The van der Waals surface area contributed by atoms with Crippen LogP contribution in [0, 0.1) is 13.8 Å². The Balaban J connectivity index is 1.31. The number of carbonyl (C=O) groups is 2. The van der Waals surface area contributed by atoms with E-state index in [1.165, 1.54) is 0 Å². The largest absolute Gasteiger partial charge is 0.492 e. The lowest BCUT2D eigenvalue weighted by molar-refractivity contribution is -0.132. The van der Waals surface area contributed by atoms with Crippen LogP contribution in [0.5, 0.6) is 5.75 Å². The Morgan fingerprint density at radius 2 is 1.71 bits per heavy atom. The molecule has 0 spiro atoms. The van der Waals surface area contributed by atoms with Crippen molar-refractivity contribution in [2.75, 3.05) is 37.7 Å². The van der Waals surface area contributed by atoms with Gasteiger partial charge in [-0.05, 0) is 48.6 Å². The number of benzene rings is 3. The highest BCUT2D eigenvalue weighted by Crippen LogP contribution is 2.26. The SMILES string of the molecule is Cc1cc(N2CCN(C(=O)CCOc3cccc4ccccc34)CC2)c(C)cc1C=O. The maximum Gasteiger partial charge on any atom is 0.226 e. The smallest absolute Gasteiger partial charge is 0.226 e. The molecular formula is C26H28N2O3. The van der Waals surface area contributed by atoms with Crippen molar-refractivity contribution in [1.82, 2.24) is 4.90 Å². The van der Waals surface area contributed by atoms with Gasteiger partial charge in [0.15, 0.2) is 0 Å². The second-order valence-corrected chi connectivity index (χ2v) is 8.06. The van der Waals surface area contributed by atoms with Gasteiger partial charge in [0.2, 0.25) is 5.91 Å². The van der Waals surface area contributed by atoms with E-state index in [4.69, 9.17) is 4.74 Å². The summed E-state index contributed by atoms with van der Waals surface area (Å²) in [6.07, 6.45) is 1.28. The maximum absolute atomic E-state index is 12.7. The molecule has 160 valence electrons. The number of carbonyl (C=O) groups excluding carboxylic acids is 2. The van der Waals surface area contributed by atoms with Crippen molar-refractivity contribution in [1.29, 1.82) is 0 Å². The molecule has 1 fully saturated rings. The lowest BCUT2D eigenvalue weighted by atomic mass is 10.0. The maximum atomic E-state index is 12.7. The number of fused-ring (bicyclic) bond motifs is 1. The minimum absolute atomic E-state index is 0.129. The van der Waals surface area contributed by atoms with Gasteiger partial charge in [0.25, 0.3) is 0 Å². The Morgan fingerprint density at radius 1 is 0.968 bits per heavy atom. The van der Waals surface area contributed by atoms with E-state index < -0.39 is 0 Å². The van der Waals surface area contributed by atoms with Gasteiger partial charge >= 0.3 is 0 Å². The molecule has 4 rings (SSSR count). The summed E-state index contributed by atoms with van der Waals surface area (Å²) in [7, 11) is 0. The summed E-state index contributed by atoms with van der Waals surface area (Å²) in [5.74, 6) is 0.949. The van der Waals surface area contributed by atoms with E-state index >= 15 is 0 Å². The molecule has 3 aromatic carbocycles. The van der Waals surface area contributed by atoms with E-state index in [1.807, 2.05) is 55.1 Å². The first-order chi connectivity index (χ1) is 15.1. The first-order valence-corrected chi connectivity index (χ1v) is 10.8. The number of nitrogens with zero attached hydrogens (tertiary/aromatic N) is 2. The fourth-order valence-electron chi connectivity index (χ4n) is 4.22. The van der Waals surface area contributed by atoms with Crippen molar-refractivity contribution in [3.63, 3.8) is 0 Å². The first kappa shape index (κ1) is 20.9.